The zero-order valence-corrected chi connectivity index (χ0v) is 15.2. The fraction of sp³-hybridized carbons (Fsp3) is 0.333. The minimum absolute atomic E-state index is 0.104. The molecule has 27 heavy (non-hydrogen) atoms. The van der Waals surface area contributed by atoms with E-state index in [0.717, 1.165) is 34.1 Å². The summed E-state index contributed by atoms with van der Waals surface area (Å²) in [5.41, 5.74) is 6.81. The monoisotopic (exact) mass is 362 g/mol. The van der Waals surface area contributed by atoms with Crippen molar-refractivity contribution in [2.24, 2.45) is 5.10 Å². The van der Waals surface area contributed by atoms with E-state index in [0.29, 0.717) is 12.6 Å². The number of ether oxygens (including phenoxy) is 1. The van der Waals surface area contributed by atoms with Gasteiger partial charge in [-0.05, 0) is 43.9 Å². The quantitative estimate of drug-likeness (QED) is 0.879. The maximum Gasteiger partial charge on any atom is 0.262 e. The molecule has 0 aromatic heterocycles. The number of carbonyl (C=O) groups excluding carboxylic acids is 1. The van der Waals surface area contributed by atoms with E-state index in [1.807, 2.05) is 30.0 Å². The summed E-state index contributed by atoms with van der Waals surface area (Å²) in [4.78, 5) is 14.1. The zero-order valence-electron chi connectivity index (χ0n) is 15.2. The van der Waals surface area contributed by atoms with Gasteiger partial charge in [-0.1, -0.05) is 30.3 Å². The number of carbonyl (C=O) groups is 1. The van der Waals surface area contributed by atoms with Crippen molar-refractivity contribution in [2.75, 3.05) is 16.8 Å². The third kappa shape index (κ3) is 2.72. The van der Waals surface area contributed by atoms with E-state index < -0.39 is 0 Å². The number of amides is 1. The Morgan fingerprint density at radius 2 is 2.04 bits per heavy atom. The first-order chi connectivity index (χ1) is 13.2. The molecule has 138 valence electrons. The fourth-order valence-corrected chi connectivity index (χ4v) is 3.82. The van der Waals surface area contributed by atoms with Gasteiger partial charge in [-0.2, -0.15) is 5.10 Å². The predicted molar refractivity (Wildman–Crippen MR) is 106 cm³/mol. The van der Waals surface area contributed by atoms with Crippen molar-refractivity contribution in [1.29, 1.82) is 0 Å². The second-order valence-electron chi connectivity index (χ2n) is 7.34. The summed E-state index contributed by atoms with van der Waals surface area (Å²) in [5, 5.41) is 7.87. The number of nitrogens with one attached hydrogen (secondary N) is 2. The van der Waals surface area contributed by atoms with Crippen LogP contribution in [0, 0.1) is 0 Å². The molecule has 2 aromatic rings. The predicted octanol–water partition coefficient (Wildman–Crippen LogP) is 3.35. The average molecular weight is 362 g/mol. The molecule has 2 aliphatic heterocycles. The van der Waals surface area contributed by atoms with Crippen molar-refractivity contribution in [3.05, 3.63) is 42.5 Å². The van der Waals surface area contributed by atoms with Gasteiger partial charge >= 0.3 is 0 Å². The molecule has 0 spiro atoms. The highest BCUT2D eigenvalue weighted by Gasteiger charge is 2.36. The van der Waals surface area contributed by atoms with Gasteiger partial charge in [0.25, 0.3) is 5.91 Å². The van der Waals surface area contributed by atoms with Crippen molar-refractivity contribution in [1.82, 2.24) is 5.43 Å². The minimum Gasteiger partial charge on any atom is -0.483 e. The third-order valence-electron chi connectivity index (χ3n) is 5.60. The van der Waals surface area contributed by atoms with Crippen LogP contribution in [0.1, 0.15) is 26.2 Å². The molecule has 0 saturated heterocycles. The Balaban J connectivity index is 1.63. The number of hydrogen-bond donors (Lipinski definition) is 2. The van der Waals surface area contributed by atoms with Gasteiger partial charge in [-0.3, -0.25) is 4.79 Å². The summed E-state index contributed by atoms with van der Waals surface area (Å²) in [5.74, 6) is 1.41. The maximum atomic E-state index is 12.1. The Bertz CT molecular complexity index is 921. The summed E-state index contributed by atoms with van der Waals surface area (Å²) in [6.45, 7) is 2.24. The van der Waals surface area contributed by atoms with Gasteiger partial charge in [0.2, 0.25) is 0 Å². The van der Waals surface area contributed by atoms with Gasteiger partial charge in [-0.25, -0.2) is 5.43 Å². The number of nitrogens with zero attached hydrogens (tertiary/aromatic N) is 2. The average Bonchev–Trinajstić information content (AvgIpc) is 2.67. The van der Waals surface area contributed by atoms with E-state index in [4.69, 9.17) is 4.74 Å². The highest BCUT2D eigenvalue weighted by molar-refractivity contribution is 6.10. The molecule has 0 radical (unpaired) electrons. The Labute approximate surface area is 158 Å². The first-order valence-electron chi connectivity index (χ1n) is 9.49. The largest absolute Gasteiger partial charge is 0.483 e. The second-order valence-corrected chi connectivity index (χ2v) is 7.34. The molecule has 3 aliphatic rings. The van der Waals surface area contributed by atoms with Crippen LogP contribution in [0.3, 0.4) is 0 Å². The summed E-state index contributed by atoms with van der Waals surface area (Å²) in [6.07, 6.45) is 3.65. The van der Waals surface area contributed by atoms with Crippen molar-refractivity contribution in [3.8, 4) is 16.9 Å². The molecular weight excluding hydrogens is 340 g/mol. The number of hydrogen-bond acceptors (Lipinski definition) is 5. The Morgan fingerprint density at radius 1 is 1.22 bits per heavy atom. The van der Waals surface area contributed by atoms with E-state index in [1.54, 1.807) is 0 Å². The summed E-state index contributed by atoms with van der Waals surface area (Å²) < 4.78 is 5.99. The van der Waals surface area contributed by atoms with Gasteiger partial charge < -0.3 is 15.0 Å². The molecule has 1 unspecified atom stereocenters. The topological polar surface area (TPSA) is 66.0 Å². The first-order valence-corrected chi connectivity index (χ1v) is 9.49. The smallest absolute Gasteiger partial charge is 0.262 e. The van der Waals surface area contributed by atoms with Crippen LogP contribution in [0.15, 0.2) is 47.6 Å². The van der Waals surface area contributed by atoms with Crippen LogP contribution in [0.4, 0.5) is 11.4 Å². The molecular formula is C21H22N4O2. The van der Waals surface area contributed by atoms with Crippen LogP contribution in [0.25, 0.3) is 11.1 Å². The molecule has 2 heterocycles. The molecule has 1 atom stereocenters. The standard InChI is InChI=1S/C21H22N4O2/c1-13-21(26)24-23-20-12-27-19-10-16(14-6-3-2-4-7-14)17(11-18(19)25(13)20)22-15-8-5-9-15/h2-4,6-7,10-11,13,15,22H,5,8-9,12H2,1H3,(H,24,26). The molecule has 1 amide bonds. The number of benzene rings is 2. The Hall–Kier alpha value is -3.02. The molecule has 1 fully saturated rings. The fourth-order valence-electron chi connectivity index (χ4n) is 3.82. The highest BCUT2D eigenvalue weighted by Crippen LogP contribution is 2.43. The van der Waals surface area contributed by atoms with Crippen LogP contribution >= 0.6 is 0 Å². The van der Waals surface area contributed by atoms with Gasteiger partial charge in [0.05, 0.1) is 5.69 Å². The van der Waals surface area contributed by atoms with Crippen molar-refractivity contribution in [3.63, 3.8) is 0 Å². The van der Waals surface area contributed by atoms with E-state index in [9.17, 15) is 4.79 Å². The molecule has 2 aromatic carbocycles. The molecule has 5 rings (SSSR count). The number of anilines is 2. The minimum atomic E-state index is -0.320. The zero-order chi connectivity index (χ0) is 18.4. The van der Waals surface area contributed by atoms with Crippen LogP contribution < -0.4 is 20.4 Å². The number of amidine groups is 1. The van der Waals surface area contributed by atoms with Crippen LogP contribution in [-0.2, 0) is 4.79 Å². The van der Waals surface area contributed by atoms with Gasteiger partial charge in [-0.15, -0.1) is 0 Å². The third-order valence-corrected chi connectivity index (χ3v) is 5.60. The van der Waals surface area contributed by atoms with E-state index in [-0.39, 0.29) is 11.9 Å². The van der Waals surface area contributed by atoms with Crippen molar-refractivity contribution in [2.45, 2.75) is 38.3 Å². The van der Waals surface area contributed by atoms with Gasteiger partial charge in [0, 0.05) is 17.3 Å². The lowest BCUT2D eigenvalue weighted by Gasteiger charge is -2.39. The molecule has 1 aliphatic carbocycles. The number of rotatable bonds is 3. The highest BCUT2D eigenvalue weighted by atomic mass is 16.5. The van der Waals surface area contributed by atoms with Crippen molar-refractivity contribution < 1.29 is 9.53 Å². The molecule has 0 bridgehead atoms. The lowest BCUT2D eigenvalue weighted by atomic mass is 9.92. The SMILES string of the molecule is CC1C(=O)NN=C2COc3cc(-c4ccccc4)c(NC4CCC4)cc3N21. The second kappa shape index (κ2) is 6.30. The summed E-state index contributed by atoms with van der Waals surface area (Å²) in [7, 11) is 0. The lowest BCUT2D eigenvalue weighted by molar-refractivity contribution is -0.122. The Morgan fingerprint density at radius 3 is 2.78 bits per heavy atom. The van der Waals surface area contributed by atoms with Gasteiger partial charge in [0.1, 0.15) is 18.4 Å². The molecule has 1 saturated carbocycles. The number of fused-ring (bicyclic) bond motifs is 3. The lowest BCUT2D eigenvalue weighted by Crippen LogP contribution is -2.55. The van der Waals surface area contributed by atoms with Gasteiger partial charge in [0.15, 0.2) is 5.84 Å². The molecule has 6 heteroatoms. The van der Waals surface area contributed by atoms with Crippen LogP contribution in [0.5, 0.6) is 5.75 Å². The summed E-state index contributed by atoms with van der Waals surface area (Å²) >= 11 is 0. The molecule has 6 nitrogen and oxygen atoms in total. The normalized spacial score (nSPS) is 21.2. The van der Waals surface area contributed by atoms with Crippen molar-refractivity contribution >= 4 is 23.1 Å². The molecule has 2 N–H and O–H groups in total. The Kier molecular flexibility index (Phi) is 3.77. The number of hydrazone groups is 1. The maximum absolute atomic E-state index is 12.1. The first kappa shape index (κ1) is 16.2. The summed E-state index contributed by atoms with van der Waals surface area (Å²) in [6, 6.07) is 14.7. The van der Waals surface area contributed by atoms with Crippen LogP contribution in [0.2, 0.25) is 0 Å². The van der Waals surface area contributed by atoms with Crippen LogP contribution in [-0.4, -0.2) is 30.4 Å². The van der Waals surface area contributed by atoms with E-state index in [2.05, 4.69) is 40.1 Å². The van der Waals surface area contributed by atoms with E-state index >= 15 is 0 Å². The van der Waals surface area contributed by atoms with E-state index in [1.165, 1.54) is 19.3 Å².